The van der Waals surface area contributed by atoms with Crippen LogP contribution in [-0.2, 0) is 0 Å². The van der Waals surface area contributed by atoms with Gasteiger partial charge in [-0.25, -0.2) is 19.5 Å². The lowest BCUT2D eigenvalue weighted by Gasteiger charge is -1.97. The van der Waals surface area contributed by atoms with Crippen molar-refractivity contribution in [3.8, 4) is 11.4 Å². The normalized spacial score (nSPS) is 11.3. The van der Waals surface area contributed by atoms with Gasteiger partial charge in [0.1, 0.15) is 6.33 Å². The quantitative estimate of drug-likeness (QED) is 0.521. The van der Waals surface area contributed by atoms with Gasteiger partial charge in [0.25, 0.3) is 5.78 Å². The summed E-state index contributed by atoms with van der Waals surface area (Å²) < 4.78 is 1.75. The molecule has 0 aliphatic carbocycles. The average molecular weight is 159 g/mol. The van der Waals surface area contributed by atoms with Gasteiger partial charge in [-0.2, -0.15) is 0 Å². The third-order valence-corrected chi connectivity index (χ3v) is 1.81. The number of fused-ring (bicyclic) bond motifs is 3. The van der Waals surface area contributed by atoms with Gasteiger partial charge in [0.05, 0.1) is 0 Å². The maximum absolute atomic E-state index is 4.17. The molecule has 1 aromatic rings. The summed E-state index contributed by atoms with van der Waals surface area (Å²) in [5, 5.41) is 2.93. The molecule has 0 saturated heterocycles. The summed E-state index contributed by atoms with van der Waals surface area (Å²) in [5.41, 5.74) is 1.01. The average Bonchev–Trinajstić information content (AvgIpc) is 2.71. The number of H-pyrrole nitrogens is 1. The molecule has 1 aromatic heterocycles. The van der Waals surface area contributed by atoms with Crippen LogP contribution in [0.2, 0.25) is 0 Å². The van der Waals surface area contributed by atoms with Crippen molar-refractivity contribution < 1.29 is 0 Å². The molecule has 0 fully saturated rings. The van der Waals surface area contributed by atoms with Crippen LogP contribution < -0.4 is 0 Å². The molecule has 0 bridgehead atoms. The second kappa shape index (κ2) is 1.82. The molecule has 3 heterocycles. The van der Waals surface area contributed by atoms with Gasteiger partial charge >= 0.3 is 0 Å². The van der Waals surface area contributed by atoms with Gasteiger partial charge in [-0.05, 0) is 6.07 Å². The van der Waals surface area contributed by atoms with Crippen LogP contribution in [0.15, 0.2) is 24.8 Å². The molecule has 58 valence electrons. The molecule has 0 saturated carbocycles. The molecule has 1 N–H and O–H groups in total. The zero-order chi connectivity index (χ0) is 7.97. The highest BCUT2D eigenvalue weighted by atomic mass is 15.3. The molecule has 0 unspecified atom stereocenters. The number of hydrogen-bond donors (Lipinski definition) is 1. The predicted octanol–water partition coefficient (Wildman–Crippen LogP) is 0.557. The Kier molecular flexibility index (Phi) is 0.864. The highest BCUT2D eigenvalue weighted by Crippen LogP contribution is 2.17. The minimum atomic E-state index is 0.640. The summed E-state index contributed by atoms with van der Waals surface area (Å²) in [7, 11) is 0. The van der Waals surface area contributed by atoms with Gasteiger partial charge in [0.2, 0.25) is 0 Å². The van der Waals surface area contributed by atoms with E-state index in [1.807, 2.05) is 6.07 Å². The monoisotopic (exact) mass is 159 g/mol. The number of aromatic amines is 1. The number of nitrogens with one attached hydrogen (secondary N) is 1. The maximum atomic E-state index is 4.17. The van der Waals surface area contributed by atoms with Crippen molar-refractivity contribution in [1.82, 2.24) is 24.6 Å². The summed E-state index contributed by atoms with van der Waals surface area (Å²) in [6.07, 6.45) is 5.11. The van der Waals surface area contributed by atoms with Crippen LogP contribution >= 0.6 is 0 Å². The lowest BCUT2D eigenvalue weighted by molar-refractivity contribution is 0.925. The van der Waals surface area contributed by atoms with Crippen molar-refractivity contribution in [2.75, 3.05) is 0 Å². The van der Waals surface area contributed by atoms with Crippen molar-refractivity contribution in [1.29, 1.82) is 0 Å². The first-order chi connectivity index (χ1) is 5.95. The fraction of sp³-hybridized carbons (Fsp3) is 0. The van der Waals surface area contributed by atoms with E-state index in [1.54, 1.807) is 23.2 Å². The van der Waals surface area contributed by atoms with Crippen molar-refractivity contribution in [3.63, 3.8) is 0 Å². The molecule has 2 aliphatic heterocycles. The SMILES string of the molecule is c1cc2cnc3nc[nH]n3c-2n1. The van der Waals surface area contributed by atoms with Gasteiger partial charge in [0, 0.05) is 18.0 Å². The predicted molar refractivity (Wildman–Crippen MR) is 41.8 cm³/mol. The van der Waals surface area contributed by atoms with Crippen molar-refractivity contribution in [2.24, 2.45) is 0 Å². The third kappa shape index (κ3) is 0.554. The Morgan fingerprint density at radius 3 is 3.25 bits per heavy atom. The van der Waals surface area contributed by atoms with E-state index in [0.29, 0.717) is 5.78 Å². The van der Waals surface area contributed by atoms with Gasteiger partial charge in [-0.1, -0.05) is 0 Å². The smallest absolute Gasteiger partial charge is 0.252 e. The highest BCUT2D eigenvalue weighted by Gasteiger charge is 2.08. The molecule has 12 heavy (non-hydrogen) atoms. The fourth-order valence-electron chi connectivity index (χ4n) is 1.26. The Morgan fingerprint density at radius 2 is 2.25 bits per heavy atom. The van der Waals surface area contributed by atoms with E-state index in [9.17, 15) is 0 Å². The molecule has 2 aliphatic rings. The van der Waals surface area contributed by atoms with E-state index in [2.05, 4.69) is 20.1 Å². The summed E-state index contributed by atoms with van der Waals surface area (Å²) in [6.45, 7) is 0. The Hall–Kier alpha value is -1.91. The second-order valence-electron chi connectivity index (χ2n) is 2.50. The number of nitrogens with zero attached hydrogens (tertiary/aromatic N) is 4. The molecule has 5 nitrogen and oxygen atoms in total. The molecule has 0 atom stereocenters. The number of rotatable bonds is 0. The lowest BCUT2D eigenvalue weighted by Crippen LogP contribution is -1.96. The second-order valence-corrected chi connectivity index (χ2v) is 2.50. The molecule has 0 radical (unpaired) electrons. The topological polar surface area (TPSA) is 58.9 Å². The van der Waals surface area contributed by atoms with Gasteiger partial charge in [-0.15, -0.1) is 0 Å². The van der Waals surface area contributed by atoms with Crippen LogP contribution in [0.25, 0.3) is 17.2 Å². The van der Waals surface area contributed by atoms with E-state index < -0.39 is 0 Å². The van der Waals surface area contributed by atoms with Crippen LogP contribution in [0.4, 0.5) is 0 Å². The third-order valence-electron chi connectivity index (χ3n) is 1.81. The van der Waals surface area contributed by atoms with Gasteiger partial charge in [-0.3, -0.25) is 5.10 Å². The van der Waals surface area contributed by atoms with Crippen LogP contribution in [-0.4, -0.2) is 24.6 Å². The van der Waals surface area contributed by atoms with E-state index in [-0.39, 0.29) is 0 Å². The minimum absolute atomic E-state index is 0.640. The fourth-order valence-corrected chi connectivity index (χ4v) is 1.26. The summed E-state index contributed by atoms with van der Waals surface area (Å²) in [4.78, 5) is 12.3. The molecular weight excluding hydrogens is 154 g/mol. The first-order valence-corrected chi connectivity index (χ1v) is 3.57. The van der Waals surface area contributed by atoms with Crippen molar-refractivity contribution in [3.05, 3.63) is 24.8 Å². The molecule has 5 heteroatoms. The molecule has 0 amide bonds. The van der Waals surface area contributed by atoms with Crippen LogP contribution in [0.5, 0.6) is 0 Å². The first kappa shape index (κ1) is 5.70. The highest BCUT2D eigenvalue weighted by molar-refractivity contribution is 5.58. The van der Waals surface area contributed by atoms with E-state index >= 15 is 0 Å². The van der Waals surface area contributed by atoms with Crippen molar-refractivity contribution >= 4 is 5.78 Å². The Labute approximate surface area is 67.4 Å². The van der Waals surface area contributed by atoms with E-state index in [0.717, 1.165) is 11.4 Å². The number of aromatic nitrogens is 5. The molecule has 0 aromatic carbocycles. The van der Waals surface area contributed by atoms with Crippen LogP contribution in [0.3, 0.4) is 0 Å². The van der Waals surface area contributed by atoms with E-state index in [1.165, 1.54) is 0 Å². The molecule has 0 spiro atoms. The Balaban J connectivity index is 2.61. The first-order valence-electron chi connectivity index (χ1n) is 3.57. The summed E-state index contributed by atoms with van der Waals surface area (Å²) in [6, 6.07) is 1.91. The van der Waals surface area contributed by atoms with Crippen LogP contribution in [0, 0.1) is 0 Å². The lowest BCUT2D eigenvalue weighted by atomic mass is 10.3. The molecular formula is C7H5N5. The van der Waals surface area contributed by atoms with Crippen molar-refractivity contribution in [2.45, 2.75) is 0 Å². The molecule has 3 rings (SSSR count). The minimum Gasteiger partial charge on any atom is -0.279 e. The largest absolute Gasteiger partial charge is 0.279 e. The summed E-state index contributed by atoms with van der Waals surface area (Å²) in [5.74, 6) is 1.50. The van der Waals surface area contributed by atoms with Gasteiger partial charge in [0.15, 0.2) is 5.82 Å². The Bertz CT molecular complexity index is 493. The maximum Gasteiger partial charge on any atom is 0.252 e. The summed E-state index contributed by atoms with van der Waals surface area (Å²) >= 11 is 0. The van der Waals surface area contributed by atoms with Crippen LogP contribution in [0.1, 0.15) is 0 Å². The zero-order valence-electron chi connectivity index (χ0n) is 6.10. The Morgan fingerprint density at radius 1 is 1.25 bits per heavy atom. The van der Waals surface area contributed by atoms with E-state index in [4.69, 9.17) is 0 Å². The number of hydrogen-bond acceptors (Lipinski definition) is 3. The van der Waals surface area contributed by atoms with Gasteiger partial charge < -0.3 is 0 Å². The standard InChI is InChI=1S/C7H5N5/c1-2-8-6-5(1)3-9-7-10-4-11-12(6)7/h1-4H,(H,9,10,11). The zero-order valence-corrected chi connectivity index (χ0v) is 6.10.